The van der Waals surface area contributed by atoms with E-state index in [9.17, 15) is 0 Å². The summed E-state index contributed by atoms with van der Waals surface area (Å²) in [5.41, 5.74) is 18.3. The average Bonchev–Trinajstić information content (AvgIpc) is 3.80. The molecule has 0 saturated heterocycles. The quantitative estimate of drug-likeness (QED) is 0.151. The van der Waals surface area contributed by atoms with Crippen LogP contribution >= 0.6 is 0 Å². The Morgan fingerprint density at radius 3 is 1.12 bits per heavy atom. The summed E-state index contributed by atoms with van der Waals surface area (Å²) >= 11 is 0. The van der Waals surface area contributed by atoms with Gasteiger partial charge in [0.25, 0.3) is 0 Å². The lowest BCUT2D eigenvalue weighted by Crippen LogP contribution is -2.23. The summed E-state index contributed by atoms with van der Waals surface area (Å²) in [6.07, 6.45) is 0. The zero-order valence-corrected chi connectivity index (χ0v) is 36.5. The second-order valence-corrected chi connectivity index (χ2v) is 18.3. The van der Waals surface area contributed by atoms with Crippen LogP contribution in [-0.4, -0.2) is 0 Å². The molecule has 2 aliphatic carbocycles. The van der Waals surface area contributed by atoms with Crippen LogP contribution in [0.3, 0.4) is 0 Å². The van der Waals surface area contributed by atoms with Crippen molar-refractivity contribution in [1.82, 2.24) is 0 Å². The van der Waals surface area contributed by atoms with Crippen molar-refractivity contribution in [2.75, 3.05) is 4.90 Å². The van der Waals surface area contributed by atoms with Crippen molar-refractivity contribution < 1.29 is 0 Å². The van der Waals surface area contributed by atoms with Gasteiger partial charge in [-0.25, -0.2) is 0 Å². The highest BCUT2D eigenvalue weighted by Crippen LogP contribution is 2.56. The minimum Gasteiger partial charge on any atom is -0.310 e. The van der Waals surface area contributed by atoms with Gasteiger partial charge in [0.05, 0.1) is 0 Å². The average molecular weight is 828 g/mol. The molecule has 0 N–H and O–H groups in total. The summed E-state index contributed by atoms with van der Waals surface area (Å²) < 4.78 is 0. The third-order valence-corrected chi connectivity index (χ3v) is 15.0. The molecule has 0 bridgehead atoms. The van der Waals surface area contributed by atoms with Crippen LogP contribution in [0.25, 0.3) is 65.7 Å². The van der Waals surface area contributed by atoms with E-state index in [1.807, 2.05) is 0 Å². The van der Waals surface area contributed by atoms with Crippen molar-refractivity contribution in [3.8, 4) is 33.4 Å². The Morgan fingerprint density at radius 2 is 0.631 bits per heavy atom. The predicted molar refractivity (Wildman–Crippen MR) is 274 cm³/mol. The predicted octanol–water partition coefficient (Wildman–Crippen LogP) is 17.0. The van der Waals surface area contributed by atoms with E-state index >= 15 is 0 Å². The van der Waals surface area contributed by atoms with Gasteiger partial charge >= 0.3 is 0 Å². The van der Waals surface area contributed by atoms with Crippen molar-refractivity contribution in [3.63, 3.8) is 0 Å². The van der Waals surface area contributed by atoms with Crippen LogP contribution in [0.5, 0.6) is 0 Å². The smallest absolute Gasteiger partial charge is 0.0465 e. The Balaban J connectivity index is 0.996. The van der Waals surface area contributed by atoms with Gasteiger partial charge in [0.15, 0.2) is 0 Å². The molecular formula is C64H45N. The molecule has 0 aromatic heterocycles. The van der Waals surface area contributed by atoms with Crippen LogP contribution in [0.1, 0.15) is 47.2 Å². The zero-order chi connectivity index (χ0) is 43.3. The Labute approximate surface area is 380 Å². The summed E-state index contributed by atoms with van der Waals surface area (Å²) in [6.45, 7) is 4.81. The standard InChI is InChI=1S/C64H45N/c1-63(44-17-5-3-6-18-44)59-27-15-13-25-54(59)56-37-34-47(40-61(56)63)65(48-35-38-57-55-26-14-16-28-60(55)64(2,62(57)41-48)45-19-7-4-8-20-45)46-32-29-42(30-33-46)43-31-36-53-51-23-10-9-21-49(51)50-22-11-12-24-52(50)58(53)39-43/h3-41H,1-2H3. The highest BCUT2D eigenvalue weighted by atomic mass is 15.1. The van der Waals surface area contributed by atoms with Gasteiger partial charge in [0.1, 0.15) is 0 Å². The van der Waals surface area contributed by atoms with Gasteiger partial charge in [0, 0.05) is 27.9 Å². The van der Waals surface area contributed by atoms with Crippen molar-refractivity contribution in [1.29, 1.82) is 0 Å². The molecule has 0 saturated carbocycles. The fraction of sp³-hybridized carbons (Fsp3) is 0.0625. The van der Waals surface area contributed by atoms with E-state index in [0.29, 0.717) is 0 Å². The van der Waals surface area contributed by atoms with Crippen LogP contribution in [0.15, 0.2) is 237 Å². The number of anilines is 3. The molecule has 0 heterocycles. The molecule has 1 nitrogen and oxygen atoms in total. The maximum absolute atomic E-state index is 2.48. The molecule has 13 rings (SSSR count). The molecule has 0 spiro atoms. The van der Waals surface area contributed by atoms with Crippen LogP contribution in [0, 0.1) is 0 Å². The van der Waals surface area contributed by atoms with E-state index < -0.39 is 0 Å². The number of benzene rings is 11. The fourth-order valence-electron chi connectivity index (χ4n) is 11.7. The van der Waals surface area contributed by atoms with Gasteiger partial charge in [-0.3, -0.25) is 0 Å². The summed E-state index contributed by atoms with van der Waals surface area (Å²) in [6, 6.07) is 88.2. The van der Waals surface area contributed by atoms with Gasteiger partial charge in [0.2, 0.25) is 0 Å². The zero-order valence-electron chi connectivity index (χ0n) is 36.5. The number of nitrogens with zero attached hydrogens (tertiary/aromatic N) is 1. The van der Waals surface area contributed by atoms with Crippen molar-refractivity contribution >= 4 is 49.4 Å². The van der Waals surface area contributed by atoms with Crippen LogP contribution in [-0.2, 0) is 10.8 Å². The molecule has 2 aliphatic rings. The maximum Gasteiger partial charge on any atom is 0.0465 e. The second kappa shape index (κ2) is 14.3. The topological polar surface area (TPSA) is 3.24 Å². The molecule has 306 valence electrons. The molecule has 0 fully saturated rings. The first-order chi connectivity index (χ1) is 32.0. The van der Waals surface area contributed by atoms with Crippen LogP contribution < -0.4 is 4.90 Å². The van der Waals surface area contributed by atoms with Crippen LogP contribution in [0.4, 0.5) is 17.1 Å². The first kappa shape index (κ1) is 37.5. The van der Waals surface area contributed by atoms with Gasteiger partial charge in [-0.05, 0) is 155 Å². The number of fused-ring (bicyclic) bond motifs is 12. The summed E-state index contributed by atoms with van der Waals surface area (Å²) in [4.78, 5) is 2.48. The van der Waals surface area contributed by atoms with E-state index in [4.69, 9.17) is 0 Å². The molecule has 0 radical (unpaired) electrons. The second-order valence-electron chi connectivity index (χ2n) is 18.3. The number of rotatable bonds is 6. The molecule has 2 unspecified atom stereocenters. The molecule has 0 amide bonds. The summed E-state index contributed by atoms with van der Waals surface area (Å²) in [7, 11) is 0. The van der Waals surface area contributed by atoms with Crippen molar-refractivity contribution in [2.24, 2.45) is 0 Å². The molecule has 0 aliphatic heterocycles. The monoisotopic (exact) mass is 827 g/mol. The number of hydrogen-bond acceptors (Lipinski definition) is 1. The number of hydrogen-bond donors (Lipinski definition) is 0. The molecule has 11 aromatic carbocycles. The van der Waals surface area contributed by atoms with Gasteiger partial charge in [-0.2, -0.15) is 0 Å². The van der Waals surface area contributed by atoms with Crippen molar-refractivity contribution in [2.45, 2.75) is 24.7 Å². The van der Waals surface area contributed by atoms with E-state index in [0.717, 1.165) is 17.1 Å². The Morgan fingerprint density at radius 1 is 0.262 bits per heavy atom. The normalized spacial score (nSPS) is 16.9. The Kier molecular flexibility index (Phi) is 8.24. The highest BCUT2D eigenvalue weighted by molar-refractivity contribution is 6.25. The summed E-state index contributed by atoms with van der Waals surface area (Å²) in [5, 5.41) is 7.73. The lowest BCUT2D eigenvalue weighted by Gasteiger charge is -2.32. The molecule has 1 heteroatoms. The molecular weight excluding hydrogens is 783 g/mol. The highest BCUT2D eigenvalue weighted by Gasteiger charge is 2.43. The maximum atomic E-state index is 2.48. The van der Waals surface area contributed by atoms with E-state index in [2.05, 4.69) is 255 Å². The van der Waals surface area contributed by atoms with Crippen LogP contribution in [0.2, 0.25) is 0 Å². The van der Waals surface area contributed by atoms with E-state index in [1.165, 1.54) is 99.1 Å². The van der Waals surface area contributed by atoms with E-state index in [1.54, 1.807) is 0 Å². The first-order valence-corrected chi connectivity index (χ1v) is 22.8. The summed E-state index contributed by atoms with van der Waals surface area (Å²) in [5.74, 6) is 0. The lowest BCUT2D eigenvalue weighted by atomic mass is 9.74. The minimum absolute atomic E-state index is 0.324. The largest absolute Gasteiger partial charge is 0.310 e. The Hall–Kier alpha value is -8.00. The van der Waals surface area contributed by atoms with Gasteiger partial charge < -0.3 is 4.90 Å². The van der Waals surface area contributed by atoms with Gasteiger partial charge in [-0.1, -0.05) is 194 Å². The fourth-order valence-corrected chi connectivity index (χ4v) is 11.7. The minimum atomic E-state index is -0.324. The Bertz CT molecular complexity index is 3500. The van der Waals surface area contributed by atoms with Crippen molar-refractivity contribution in [3.05, 3.63) is 270 Å². The molecule has 11 aromatic rings. The first-order valence-electron chi connectivity index (χ1n) is 22.8. The third-order valence-electron chi connectivity index (χ3n) is 15.0. The van der Waals surface area contributed by atoms with E-state index in [-0.39, 0.29) is 10.8 Å². The van der Waals surface area contributed by atoms with Gasteiger partial charge in [-0.15, -0.1) is 0 Å². The SMILES string of the molecule is CC1(c2ccccc2)c2ccccc2-c2ccc(N(c3ccc(-c4ccc5c6ccccc6c6ccccc6c5c4)cc3)c3ccc4c(c3)C(C)(c3ccccc3)c3ccccc3-4)cc21. The third kappa shape index (κ3) is 5.46. The molecule has 2 atom stereocenters. The lowest BCUT2D eigenvalue weighted by molar-refractivity contribution is 0.713. The molecule has 65 heavy (non-hydrogen) atoms.